The summed E-state index contributed by atoms with van der Waals surface area (Å²) in [5, 5.41) is 3.30. The van der Waals surface area contributed by atoms with E-state index in [2.05, 4.69) is 5.32 Å². The van der Waals surface area contributed by atoms with Gasteiger partial charge in [0.25, 0.3) is 0 Å². The van der Waals surface area contributed by atoms with Gasteiger partial charge in [0.2, 0.25) is 0 Å². The van der Waals surface area contributed by atoms with E-state index >= 15 is 0 Å². The highest BCUT2D eigenvalue weighted by molar-refractivity contribution is 5.56. The van der Waals surface area contributed by atoms with Crippen LogP contribution in [0.1, 0.15) is 13.8 Å². The van der Waals surface area contributed by atoms with Gasteiger partial charge < -0.3 is 19.5 Å². The first-order chi connectivity index (χ1) is 8.74. The quantitative estimate of drug-likeness (QED) is 0.687. The predicted molar refractivity (Wildman–Crippen MR) is 73.4 cm³/mol. The Morgan fingerprint density at radius 3 is 2.61 bits per heavy atom. The maximum absolute atomic E-state index is 5.72. The Balaban J connectivity index is 2.32. The van der Waals surface area contributed by atoms with Gasteiger partial charge in [-0.3, -0.25) is 0 Å². The van der Waals surface area contributed by atoms with E-state index in [9.17, 15) is 0 Å². The van der Waals surface area contributed by atoms with Gasteiger partial charge in [-0.2, -0.15) is 0 Å². The summed E-state index contributed by atoms with van der Waals surface area (Å²) in [6, 6.07) is 7.93. The van der Waals surface area contributed by atoms with E-state index in [0.717, 1.165) is 18.0 Å². The molecule has 0 unspecified atom stereocenters. The van der Waals surface area contributed by atoms with Crippen molar-refractivity contribution in [3.8, 4) is 5.75 Å². The predicted octanol–water partition coefficient (Wildman–Crippen LogP) is 2.55. The van der Waals surface area contributed by atoms with Gasteiger partial charge in [0.1, 0.15) is 5.75 Å². The SMILES string of the molecule is COCCOCCNc1ccccc1OC(C)C. The van der Waals surface area contributed by atoms with Crippen molar-refractivity contribution in [1.82, 2.24) is 0 Å². The molecule has 0 aliphatic heterocycles. The molecule has 0 saturated heterocycles. The normalized spacial score (nSPS) is 10.7. The standard InChI is InChI=1S/C14H23NO3/c1-12(2)18-14-7-5-4-6-13(14)15-8-9-17-11-10-16-3/h4-7,12,15H,8-11H2,1-3H3. The van der Waals surface area contributed by atoms with Crippen molar-refractivity contribution >= 4 is 5.69 Å². The fourth-order valence-corrected chi connectivity index (χ4v) is 1.47. The van der Waals surface area contributed by atoms with Crippen LogP contribution in [0.3, 0.4) is 0 Å². The maximum Gasteiger partial charge on any atom is 0.142 e. The van der Waals surface area contributed by atoms with Crippen LogP contribution in [0, 0.1) is 0 Å². The Labute approximate surface area is 109 Å². The highest BCUT2D eigenvalue weighted by atomic mass is 16.5. The van der Waals surface area contributed by atoms with Gasteiger partial charge in [-0.15, -0.1) is 0 Å². The fourth-order valence-electron chi connectivity index (χ4n) is 1.47. The third kappa shape index (κ3) is 5.89. The number of hydrogen-bond acceptors (Lipinski definition) is 4. The first kappa shape index (κ1) is 14.8. The highest BCUT2D eigenvalue weighted by Gasteiger charge is 2.03. The van der Waals surface area contributed by atoms with Crippen molar-refractivity contribution in [2.75, 3.05) is 38.8 Å². The Morgan fingerprint density at radius 2 is 1.89 bits per heavy atom. The van der Waals surface area contributed by atoms with Crippen molar-refractivity contribution in [3.63, 3.8) is 0 Å². The fraction of sp³-hybridized carbons (Fsp3) is 0.571. The van der Waals surface area contributed by atoms with Crippen molar-refractivity contribution in [3.05, 3.63) is 24.3 Å². The van der Waals surface area contributed by atoms with E-state index in [-0.39, 0.29) is 6.10 Å². The summed E-state index contributed by atoms with van der Waals surface area (Å²) in [6.07, 6.45) is 0.172. The van der Waals surface area contributed by atoms with Crippen LogP contribution in [0.5, 0.6) is 5.75 Å². The van der Waals surface area contributed by atoms with E-state index in [0.29, 0.717) is 19.8 Å². The number of para-hydroxylation sites is 2. The minimum absolute atomic E-state index is 0.172. The third-order valence-corrected chi connectivity index (χ3v) is 2.24. The molecule has 1 N–H and O–H groups in total. The van der Waals surface area contributed by atoms with Crippen LogP contribution in [-0.2, 0) is 9.47 Å². The molecule has 0 amide bonds. The van der Waals surface area contributed by atoms with E-state index in [1.807, 2.05) is 38.1 Å². The second kappa shape index (κ2) is 8.78. The second-order valence-electron chi connectivity index (χ2n) is 4.19. The summed E-state index contributed by atoms with van der Waals surface area (Å²) in [5.74, 6) is 0.879. The van der Waals surface area contributed by atoms with Gasteiger partial charge in [-0.05, 0) is 26.0 Å². The van der Waals surface area contributed by atoms with Crippen LogP contribution in [0.4, 0.5) is 5.69 Å². The van der Waals surface area contributed by atoms with Crippen LogP contribution in [0.25, 0.3) is 0 Å². The Bertz CT molecular complexity index is 329. The first-order valence-electron chi connectivity index (χ1n) is 6.30. The van der Waals surface area contributed by atoms with Gasteiger partial charge in [-0.25, -0.2) is 0 Å². The van der Waals surface area contributed by atoms with Crippen LogP contribution in [-0.4, -0.2) is 39.6 Å². The van der Waals surface area contributed by atoms with Crippen molar-refractivity contribution in [2.24, 2.45) is 0 Å². The Morgan fingerprint density at radius 1 is 1.11 bits per heavy atom. The number of nitrogens with one attached hydrogen (secondary N) is 1. The molecular formula is C14H23NO3. The Hall–Kier alpha value is -1.26. The molecule has 0 radical (unpaired) electrons. The van der Waals surface area contributed by atoms with E-state index in [1.54, 1.807) is 7.11 Å². The minimum Gasteiger partial charge on any atom is -0.489 e. The zero-order chi connectivity index (χ0) is 13.2. The lowest BCUT2D eigenvalue weighted by molar-refractivity contribution is 0.0759. The van der Waals surface area contributed by atoms with Gasteiger partial charge in [0.05, 0.1) is 31.6 Å². The smallest absolute Gasteiger partial charge is 0.142 e. The van der Waals surface area contributed by atoms with Gasteiger partial charge in [0, 0.05) is 13.7 Å². The molecule has 0 heterocycles. The van der Waals surface area contributed by atoms with Gasteiger partial charge >= 0.3 is 0 Å². The molecule has 0 spiro atoms. The van der Waals surface area contributed by atoms with E-state index in [1.165, 1.54) is 0 Å². The molecule has 1 aromatic rings. The molecule has 1 aromatic carbocycles. The minimum atomic E-state index is 0.172. The summed E-state index contributed by atoms with van der Waals surface area (Å²) in [5.41, 5.74) is 1.00. The molecule has 1 rings (SSSR count). The summed E-state index contributed by atoms with van der Waals surface area (Å²) in [7, 11) is 1.67. The van der Waals surface area contributed by atoms with E-state index < -0.39 is 0 Å². The molecule has 18 heavy (non-hydrogen) atoms. The van der Waals surface area contributed by atoms with Crippen LogP contribution in [0.15, 0.2) is 24.3 Å². The molecule has 0 aliphatic carbocycles. The monoisotopic (exact) mass is 253 g/mol. The lowest BCUT2D eigenvalue weighted by Gasteiger charge is -2.15. The van der Waals surface area contributed by atoms with Gasteiger partial charge in [-0.1, -0.05) is 12.1 Å². The molecule has 0 saturated carbocycles. The van der Waals surface area contributed by atoms with Crippen molar-refractivity contribution in [1.29, 1.82) is 0 Å². The Kier molecular flexibility index (Phi) is 7.22. The lowest BCUT2D eigenvalue weighted by atomic mass is 10.3. The maximum atomic E-state index is 5.72. The number of ether oxygens (including phenoxy) is 3. The first-order valence-corrected chi connectivity index (χ1v) is 6.30. The lowest BCUT2D eigenvalue weighted by Crippen LogP contribution is -2.13. The molecule has 0 fully saturated rings. The van der Waals surface area contributed by atoms with Crippen LogP contribution in [0.2, 0.25) is 0 Å². The number of rotatable bonds is 9. The summed E-state index contributed by atoms with van der Waals surface area (Å²) in [6.45, 7) is 6.70. The zero-order valence-corrected chi connectivity index (χ0v) is 11.4. The molecule has 4 heteroatoms. The molecule has 0 aromatic heterocycles. The molecule has 0 bridgehead atoms. The van der Waals surface area contributed by atoms with Crippen molar-refractivity contribution in [2.45, 2.75) is 20.0 Å². The molecular weight excluding hydrogens is 230 g/mol. The summed E-state index contributed by atoms with van der Waals surface area (Å²) >= 11 is 0. The van der Waals surface area contributed by atoms with Gasteiger partial charge in [0.15, 0.2) is 0 Å². The largest absolute Gasteiger partial charge is 0.489 e. The highest BCUT2D eigenvalue weighted by Crippen LogP contribution is 2.24. The molecule has 0 atom stereocenters. The topological polar surface area (TPSA) is 39.7 Å². The van der Waals surface area contributed by atoms with Crippen LogP contribution < -0.4 is 10.1 Å². The zero-order valence-electron chi connectivity index (χ0n) is 11.4. The number of anilines is 1. The summed E-state index contributed by atoms with van der Waals surface area (Å²) < 4.78 is 16.0. The third-order valence-electron chi connectivity index (χ3n) is 2.24. The molecule has 102 valence electrons. The van der Waals surface area contributed by atoms with Crippen molar-refractivity contribution < 1.29 is 14.2 Å². The number of benzene rings is 1. The number of hydrogen-bond donors (Lipinski definition) is 1. The second-order valence-corrected chi connectivity index (χ2v) is 4.19. The summed E-state index contributed by atoms with van der Waals surface area (Å²) in [4.78, 5) is 0. The average molecular weight is 253 g/mol. The molecule has 4 nitrogen and oxygen atoms in total. The van der Waals surface area contributed by atoms with E-state index in [4.69, 9.17) is 14.2 Å². The average Bonchev–Trinajstić information content (AvgIpc) is 2.35. The number of methoxy groups -OCH3 is 1. The van der Waals surface area contributed by atoms with Crippen LogP contribution >= 0.6 is 0 Å². The molecule has 0 aliphatic rings.